The molecule has 0 unspecified atom stereocenters. The fourth-order valence-electron chi connectivity index (χ4n) is 1.85. The van der Waals surface area contributed by atoms with Gasteiger partial charge in [-0.1, -0.05) is 5.16 Å². The summed E-state index contributed by atoms with van der Waals surface area (Å²) in [4.78, 5) is 18.7. The fourth-order valence-corrected chi connectivity index (χ4v) is 2.53. The van der Waals surface area contributed by atoms with Crippen molar-refractivity contribution in [1.82, 2.24) is 15.1 Å². The highest BCUT2D eigenvalue weighted by Gasteiger charge is 2.20. The van der Waals surface area contributed by atoms with E-state index in [4.69, 9.17) is 4.52 Å². The van der Waals surface area contributed by atoms with Crippen molar-refractivity contribution in [2.24, 2.45) is 0 Å². The fraction of sp³-hybridized carbons (Fsp3) is 0.182. The van der Waals surface area contributed by atoms with Gasteiger partial charge in [-0.05, 0) is 12.1 Å². The lowest BCUT2D eigenvalue weighted by Crippen LogP contribution is -2.07. The number of nitro groups is 1. The number of hydrogen-bond acceptors (Lipinski definition) is 8. The van der Waals surface area contributed by atoms with Gasteiger partial charge in [-0.15, -0.1) is 11.3 Å². The molecule has 3 rings (SSSR count). The van der Waals surface area contributed by atoms with Gasteiger partial charge in [-0.3, -0.25) is 10.1 Å². The number of thiazole rings is 1. The van der Waals surface area contributed by atoms with Crippen LogP contribution in [0.2, 0.25) is 0 Å². The first kappa shape index (κ1) is 12.5. The van der Waals surface area contributed by atoms with E-state index in [1.165, 1.54) is 17.7 Å². The number of hydrogen-bond donors (Lipinski definition) is 1. The highest BCUT2D eigenvalue weighted by molar-refractivity contribution is 7.16. The van der Waals surface area contributed by atoms with Gasteiger partial charge in [0.15, 0.2) is 11.8 Å². The molecule has 3 aromatic rings. The van der Waals surface area contributed by atoms with Crippen molar-refractivity contribution in [2.45, 2.75) is 6.42 Å². The molecule has 9 heteroatoms. The van der Waals surface area contributed by atoms with Gasteiger partial charge in [0.05, 0.1) is 15.1 Å². The van der Waals surface area contributed by atoms with Crippen molar-refractivity contribution in [3.8, 4) is 0 Å². The maximum Gasteiger partial charge on any atom is 0.319 e. The van der Waals surface area contributed by atoms with Gasteiger partial charge in [0.2, 0.25) is 5.89 Å². The summed E-state index contributed by atoms with van der Waals surface area (Å²) in [6, 6.07) is 3.50. The van der Waals surface area contributed by atoms with E-state index in [-0.39, 0.29) is 5.69 Å². The summed E-state index contributed by atoms with van der Waals surface area (Å²) >= 11 is 1.37. The van der Waals surface area contributed by atoms with Crippen molar-refractivity contribution in [3.63, 3.8) is 0 Å². The van der Waals surface area contributed by atoms with Crippen molar-refractivity contribution < 1.29 is 9.45 Å². The van der Waals surface area contributed by atoms with E-state index in [2.05, 4.69) is 20.4 Å². The number of fused-ring (bicyclic) bond motifs is 1. The molecular weight excluding hydrogens is 282 g/mol. The average molecular weight is 291 g/mol. The molecule has 0 saturated carbocycles. The topological polar surface area (TPSA) is 107 Å². The summed E-state index contributed by atoms with van der Waals surface area (Å²) < 4.78 is 5.65. The molecule has 0 atom stereocenters. The van der Waals surface area contributed by atoms with Gasteiger partial charge in [0, 0.05) is 13.0 Å². The lowest BCUT2D eigenvalue weighted by atomic mass is 10.2. The van der Waals surface area contributed by atoms with E-state index in [1.807, 2.05) is 6.07 Å². The van der Waals surface area contributed by atoms with Crippen molar-refractivity contribution in [3.05, 3.63) is 40.0 Å². The van der Waals surface area contributed by atoms with E-state index in [0.717, 1.165) is 4.70 Å². The summed E-state index contributed by atoms with van der Waals surface area (Å²) in [5.41, 5.74) is 2.44. The molecule has 2 heterocycles. The number of nitro benzene ring substituents is 1. The molecule has 20 heavy (non-hydrogen) atoms. The van der Waals surface area contributed by atoms with E-state index >= 15 is 0 Å². The Morgan fingerprint density at radius 2 is 2.30 bits per heavy atom. The number of anilines is 1. The Balaban J connectivity index is 1.83. The third kappa shape index (κ3) is 2.30. The number of benzene rings is 1. The molecule has 0 aliphatic heterocycles. The van der Waals surface area contributed by atoms with E-state index in [0.29, 0.717) is 30.1 Å². The molecule has 0 spiro atoms. The lowest BCUT2D eigenvalue weighted by Gasteiger charge is -2.05. The van der Waals surface area contributed by atoms with Crippen LogP contribution in [0.4, 0.5) is 11.4 Å². The Morgan fingerprint density at radius 3 is 3.05 bits per heavy atom. The van der Waals surface area contributed by atoms with Gasteiger partial charge in [-0.25, -0.2) is 4.98 Å². The first-order valence-electron chi connectivity index (χ1n) is 5.75. The zero-order valence-electron chi connectivity index (χ0n) is 10.1. The van der Waals surface area contributed by atoms with Crippen LogP contribution in [0.3, 0.4) is 0 Å². The smallest absolute Gasteiger partial charge is 0.319 e. The number of nitrogens with zero attached hydrogens (tertiary/aromatic N) is 4. The maximum atomic E-state index is 11.2. The van der Waals surface area contributed by atoms with Crippen molar-refractivity contribution in [2.75, 3.05) is 11.9 Å². The normalized spacial score (nSPS) is 10.8. The second kappa shape index (κ2) is 5.21. The second-order valence-electron chi connectivity index (χ2n) is 3.93. The summed E-state index contributed by atoms with van der Waals surface area (Å²) in [6.07, 6.45) is 1.81. The van der Waals surface area contributed by atoms with Crippen LogP contribution in [0.25, 0.3) is 10.2 Å². The zero-order valence-corrected chi connectivity index (χ0v) is 11.0. The van der Waals surface area contributed by atoms with Crippen LogP contribution in [-0.4, -0.2) is 26.6 Å². The molecule has 0 fully saturated rings. The molecule has 8 nitrogen and oxygen atoms in total. The minimum absolute atomic E-state index is 0.00530. The molecule has 0 aliphatic rings. The predicted octanol–water partition coefficient (Wildman–Crippen LogP) is 2.24. The first-order chi connectivity index (χ1) is 9.75. The van der Waals surface area contributed by atoms with Crippen LogP contribution in [0.15, 0.2) is 28.5 Å². The highest BCUT2D eigenvalue weighted by atomic mass is 32.1. The summed E-state index contributed by atoms with van der Waals surface area (Å²) in [5, 5.41) is 17.7. The van der Waals surface area contributed by atoms with Crippen LogP contribution >= 0.6 is 11.3 Å². The lowest BCUT2D eigenvalue weighted by molar-refractivity contribution is -0.382. The minimum Gasteiger partial charge on any atom is -0.379 e. The van der Waals surface area contributed by atoms with Gasteiger partial charge in [0.1, 0.15) is 5.69 Å². The summed E-state index contributed by atoms with van der Waals surface area (Å²) in [5.74, 6) is 0.481. The van der Waals surface area contributed by atoms with Crippen LogP contribution in [0.1, 0.15) is 5.89 Å². The summed E-state index contributed by atoms with van der Waals surface area (Å²) in [7, 11) is 0. The standard InChI is InChI=1S/C11H9N5O3S/c17-16(18)11-7(1-2-8-10(11)14-6-20-8)12-4-3-9-13-5-15-19-9/h1-2,5-6,12H,3-4H2. The quantitative estimate of drug-likeness (QED) is 0.567. The zero-order chi connectivity index (χ0) is 13.9. The van der Waals surface area contributed by atoms with Crippen LogP contribution in [0, 0.1) is 10.1 Å². The Hall–Kier alpha value is -2.55. The number of nitrogens with one attached hydrogen (secondary N) is 1. The van der Waals surface area contributed by atoms with E-state index < -0.39 is 4.92 Å². The van der Waals surface area contributed by atoms with Crippen LogP contribution in [-0.2, 0) is 6.42 Å². The average Bonchev–Trinajstić information content (AvgIpc) is 3.07. The van der Waals surface area contributed by atoms with E-state index in [9.17, 15) is 10.1 Å². The van der Waals surface area contributed by atoms with Crippen molar-refractivity contribution in [1.29, 1.82) is 0 Å². The van der Waals surface area contributed by atoms with Crippen LogP contribution in [0.5, 0.6) is 0 Å². The minimum atomic E-state index is -0.420. The maximum absolute atomic E-state index is 11.2. The molecule has 0 saturated heterocycles. The molecule has 0 amide bonds. The molecule has 1 aromatic carbocycles. The summed E-state index contributed by atoms with van der Waals surface area (Å²) in [6.45, 7) is 0.457. The molecular formula is C11H9N5O3S. The van der Waals surface area contributed by atoms with Gasteiger partial charge in [0.25, 0.3) is 0 Å². The van der Waals surface area contributed by atoms with Crippen LogP contribution < -0.4 is 5.32 Å². The third-order valence-corrected chi connectivity index (χ3v) is 3.51. The predicted molar refractivity (Wildman–Crippen MR) is 72.8 cm³/mol. The largest absolute Gasteiger partial charge is 0.379 e. The van der Waals surface area contributed by atoms with E-state index in [1.54, 1.807) is 11.6 Å². The molecule has 2 aromatic heterocycles. The third-order valence-electron chi connectivity index (χ3n) is 2.72. The number of aromatic nitrogens is 3. The molecule has 0 radical (unpaired) electrons. The van der Waals surface area contributed by atoms with Gasteiger partial charge >= 0.3 is 5.69 Å². The Kier molecular flexibility index (Phi) is 3.25. The Bertz CT molecular complexity index is 740. The molecule has 102 valence electrons. The SMILES string of the molecule is O=[N+]([O-])c1c(NCCc2ncno2)ccc2scnc12. The second-order valence-corrected chi connectivity index (χ2v) is 4.82. The molecule has 0 aliphatic carbocycles. The van der Waals surface area contributed by atoms with Crippen molar-refractivity contribution >= 4 is 32.9 Å². The Morgan fingerprint density at radius 1 is 1.40 bits per heavy atom. The number of rotatable bonds is 5. The molecule has 0 bridgehead atoms. The Labute approximate surface area is 116 Å². The monoisotopic (exact) mass is 291 g/mol. The first-order valence-corrected chi connectivity index (χ1v) is 6.63. The van der Waals surface area contributed by atoms with Gasteiger partial charge < -0.3 is 9.84 Å². The highest BCUT2D eigenvalue weighted by Crippen LogP contribution is 2.34. The van der Waals surface area contributed by atoms with Gasteiger partial charge in [-0.2, -0.15) is 4.98 Å². The molecule has 1 N–H and O–H groups in total.